The lowest BCUT2D eigenvalue weighted by Gasteiger charge is -2.20. The molecule has 0 aromatic heterocycles. The smallest absolute Gasteiger partial charge is 0.251 e. The highest BCUT2D eigenvalue weighted by molar-refractivity contribution is 5.98. The molecule has 1 aliphatic rings. The van der Waals surface area contributed by atoms with Gasteiger partial charge in [0.05, 0.1) is 0 Å². The van der Waals surface area contributed by atoms with Gasteiger partial charge in [0.25, 0.3) is 5.91 Å². The van der Waals surface area contributed by atoms with E-state index in [4.69, 9.17) is 0 Å². The molecule has 0 spiro atoms. The van der Waals surface area contributed by atoms with Crippen LogP contribution in [0.5, 0.6) is 0 Å². The van der Waals surface area contributed by atoms with Gasteiger partial charge in [-0.2, -0.15) is 0 Å². The monoisotopic (exact) mass is 175 g/mol. The zero-order chi connectivity index (χ0) is 9.42. The first kappa shape index (κ1) is 8.30. The first-order chi connectivity index (χ1) is 6.20. The molecule has 0 atom stereocenters. The number of amides is 1. The third-order valence-electron chi connectivity index (χ3n) is 2.64. The summed E-state index contributed by atoms with van der Waals surface area (Å²) in [4.78, 5) is 11.5. The average molecular weight is 175 g/mol. The molecule has 0 saturated heterocycles. The Kier molecular flexibility index (Phi) is 1.83. The van der Waals surface area contributed by atoms with E-state index in [9.17, 15) is 4.79 Å². The standard InChI is InChI=1S/C11H13NO/c1-7-3-4-8(2)10-9(7)5-6-12-11(10)13/h3-4H,5-6H2,1-2H3,(H,12,13). The molecule has 0 bridgehead atoms. The quantitative estimate of drug-likeness (QED) is 0.637. The molecular weight excluding hydrogens is 162 g/mol. The Balaban J connectivity index is 2.67. The van der Waals surface area contributed by atoms with Crippen LogP contribution in [0.2, 0.25) is 0 Å². The topological polar surface area (TPSA) is 29.1 Å². The predicted octanol–water partition coefficient (Wildman–Crippen LogP) is 1.59. The Morgan fingerprint density at radius 2 is 1.92 bits per heavy atom. The van der Waals surface area contributed by atoms with Crippen LogP contribution in [0.25, 0.3) is 0 Å². The molecule has 1 aliphatic heterocycles. The minimum absolute atomic E-state index is 0.0856. The minimum Gasteiger partial charge on any atom is -0.352 e. The number of carbonyl (C=O) groups is 1. The average Bonchev–Trinajstić information content (AvgIpc) is 2.12. The van der Waals surface area contributed by atoms with E-state index in [0.717, 1.165) is 24.1 Å². The summed E-state index contributed by atoms with van der Waals surface area (Å²) in [5.41, 5.74) is 4.43. The van der Waals surface area contributed by atoms with Crippen molar-refractivity contribution in [3.8, 4) is 0 Å². The number of carbonyl (C=O) groups excluding carboxylic acids is 1. The van der Waals surface area contributed by atoms with E-state index >= 15 is 0 Å². The van der Waals surface area contributed by atoms with Gasteiger partial charge >= 0.3 is 0 Å². The van der Waals surface area contributed by atoms with Gasteiger partial charge in [0.2, 0.25) is 0 Å². The SMILES string of the molecule is Cc1ccc(C)c2c1CCNC2=O. The fourth-order valence-electron chi connectivity index (χ4n) is 1.90. The van der Waals surface area contributed by atoms with Crippen LogP contribution in [0.3, 0.4) is 0 Å². The van der Waals surface area contributed by atoms with Crippen LogP contribution in [-0.4, -0.2) is 12.5 Å². The predicted molar refractivity (Wildman–Crippen MR) is 52.0 cm³/mol. The maximum Gasteiger partial charge on any atom is 0.251 e. The van der Waals surface area contributed by atoms with Gasteiger partial charge in [-0.05, 0) is 37.0 Å². The van der Waals surface area contributed by atoms with E-state index in [-0.39, 0.29) is 5.91 Å². The van der Waals surface area contributed by atoms with Crippen molar-refractivity contribution in [3.63, 3.8) is 0 Å². The Bertz CT molecular complexity index is 369. The zero-order valence-corrected chi connectivity index (χ0v) is 7.98. The molecule has 0 aliphatic carbocycles. The molecule has 0 fully saturated rings. The summed E-state index contributed by atoms with van der Waals surface area (Å²) in [6, 6.07) is 4.10. The first-order valence-corrected chi connectivity index (χ1v) is 4.57. The highest BCUT2D eigenvalue weighted by Crippen LogP contribution is 2.21. The van der Waals surface area contributed by atoms with Gasteiger partial charge in [-0.25, -0.2) is 0 Å². The summed E-state index contributed by atoms with van der Waals surface area (Å²) in [6.45, 7) is 4.83. The molecule has 2 rings (SSSR count). The third-order valence-corrected chi connectivity index (χ3v) is 2.64. The highest BCUT2D eigenvalue weighted by atomic mass is 16.1. The second kappa shape index (κ2) is 2.87. The van der Waals surface area contributed by atoms with Crippen molar-refractivity contribution in [2.24, 2.45) is 0 Å². The Morgan fingerprint density at radius 1 is 1.23 bits per heavy atom. The largest absolute Gasteiger partial charge is 0.352 e. The Hall–Kier alpha value is -1.31. The number of nitrogens with one attached hydrogen (secondary N) is 1. The summed E-state index contributed by atoms with van der Waals surface area (Å²) < 4.78 is 0. The van der Waals surface area contributed by atoms with Gasteiger partial charge < -0.3 is 5.32 Å². The molecule has 0 radical (unpaired) electrons. The second-order valence-electron chi connectivity index (χ2n) is 3.56. The molecular formula is C11H13NO. The lowest BCUT2D eigenvalue weighted by molar-refractivity contribution is 0.0945. The van der Waals surface area contributed by atoms with Crippen molar-refractivity contribution in [3.05, 3.63) is 34.4 Å². The molecule has 1 aromatic carbocycles. The van der Waals surface area contributed by atoms with E-state index in [1.54, 1.807) is 0 Å². The maximum atomic E-state index is 11.5. The molecule has 0 unspecified atom stereocenters. The van der Waals surface area contributed by atoms with E-state index in [0.29, 0.717) is 0 Å². The summed E-state index contributed by atoms with van der Waals surface area (Å²) in [7, 11) is 0. The summed E-state index contributed by atoms with van der Waals surface area (Å²) >= 11 is 0. The third kappa shape index (κ3) is 1.22. The van der Waals surface area contributed by atoms with E-state index < -0.39 is 0 Å². The number of hydrogen-bond donors (Lipinski definition) is 1. The van der Waals surface area contributed by atoms with Crippen molar-refractivity contribution < 1.29 is 4.79 Å². The number of benzene rings is 1. The molecule has 2 heteroatoms. The molecule has 13 heavy (non-hydrogen) atoms. The lowest BCUT2D eigenvalue weighted by atomic mass is 9.92. The number of aryl methyl sites for hydroxylation is 2. The lowest BCUT2D eigenvalue weighted by Crippen LogP contribution is -2.33. The van der Waals surface area contributed by atoms with Crippen LogP contribution in [-0.2, 0) is 6.42 Å². The van der Waals surface area contributed by atoms with Gasteiger partial charge in [-0.3, -0.25) is 4.79 Å². The zero-order valence-electron chi connectivity index (χ0n) is 7.98. The Morgan fingerprint density at radius 3 is 2.62 bits per heavy atom. The minimum atomic E-state index is 0.0856. The van der Waals surface area contributed by atoms with E-state index in [2.05, 4.69) is 18.3 Å². The van der Waals surface area contributed by atoms with Crippen molar-refractivity contribution in [2.75, 3.05) is 6.54 Å². The Labute approximate surface area is 78.0 Å². The molecule has 1 heterocycles. The molecule has 2 nitrogen and oxygen atoms in total. The van der Waals surface area contributed by atoms with Gasteiger partial charge in [-0.1, -0.05) is 12.1 Å². The molecule has 1 amide bonds. The molecule has 0 saturated carbocycles. The summed E-state index contributed by atoms with van der Waals surface area (Å²) in [6.07, 6.45) is 0.967. The van der Waals surface area contributed by atoms with Crippen LogP contribution < -0.4 is 5.32 Å². The van der Waals surface area contributed by atoms with Crippen molar-refractivity contribution in [1.82, 2.24) is 5.32 Å². The van der Waals surface area contributed by atoms with E-state index in [1.807, 2.05) is 13.0 Å². The number of hydrogen-bond acceptors (Lipinski definition) is 1. The molecule has 1 aromatic rings. The highest BCUT2D eigenvalue weighted by Gasteiger charge is 2.19. The van der Waals surface area contributed by atoms with Gasteiger partial charge in [0.15, 0.2) is 0 Å². The fraction of sp³-hybridized carbons (Fsp3) is 0.364. The van der Waals surface area contributed by atoms with Crippen molar-refractivity contribution >= 4 is 5.91 Å². The number of rotatable bonds is 0. The van der Waals surface area contributed by atoms with Crippen LogP contribution in [0.1, 0.15) is 27.0 Å². The van der Waals surface area contributed by atoms with E-state index in [1.165, 1.54) is 11.1 Å². The van der Waals surface area contributed by atoms with Crippen LogP contribution >= 0.6 is 0 Å². The summed E-state index contributed by atoms with van der Waals surface area (Å²) in [5, 5.41) is 2.87. The number of fused-ring (bicyclic) bond motifs is 1. The van der Waals surface area contributed by atoms with Crippen molar-refractivity contribution in [2.45, 2.75) is 20.3 Å². The second-order valence-corrected chi connectivity index (χ2v) is 3.56. The fourth-order valence-corrected chi connectivity index (χ4v) is 1.90. The summed E-state index contributed by atoms with van der Waals surface area (Å²) in [5.74, 6) is 0.0856. The normalized spacial score (nSPS) is 15.1. The van der Waals surface area contributed by atoms with Crippen molar-refractivity contribution in [1.29, 1.82) is 0 Å². The molecule has 68 valence electrons. The molecule has 1 N–H and O–H groups in total. The van der Waals surface area contributed by atoms with Crippen LogP contribution in [0.4, 0.5) is 0 Å². The van der Waals surface area contributed by atoms with Gasteiger partial charge in [0.1, 0.15) is 0 Å². The maximum absolute atomic E-state index is 11.5. The van der Waals surface area contributed by atoms with Gasteiger partial charge in [0, 0.05) is 12.1 Å². The van der Waals surface area contributed by atoms with Gasteiger partial charge in [-0.15, -0.1) is 0 Å². The van der Waals surface area contributed by atoms with Crippen LogP contribution in [0, 0.1) is 13.8 Å². The van der Waals surface area contributed by atoms with Crippen LogP contribution in [0.15, 0.2) is 12.1 Å². The first-order valence-electron chi connectivity index (χ1n) is 4.57.